The highest BCUT2D eigenvalue weighted by molar-refractivity contribution is 5.64. The van der Waals surface area contributed by atoms with Gasteiger partial charge < -0.3 is 40.0 Å². The number of nitrogens with one attached hydrogen (secondary N) is 1. The number of ether oxygens (including phenoxy) is 3. The maximum absolute atomic E-state index is 10.3. The first-order valence-corrected chi connectivity index (χ1v) is 7.62. The third-order valence-corrected chi connectivity index (χ3v) is 4.15. The maximum atomic E-state index is 10.3. The molecule has 24 heavy (non-hydrogen) atoms. The molecule has 2 aliphatic heterocycles. The van der Waals surface area contributed by atoms with Crippen LogP contribution in [0.4, 0.5) is 5.69 Å². The molecule has 1 fully saturated rings. The smallest absolute Gasteiger partial charge is 0.217 e. The minimum Gasteiger partial charge on any atom is -0.461 e. The number of hydrogen-bond donors (Lipinski definition) is 5. The lowest BCUT2D eigenvalue weighted by molar-refractivity contribution is -0.254. The predicted molar refractivity (Wildman–Crippen MR) is 84.3 cm³/mol. The molecule has 8 nitrogen and oxygen atoms in total. The molecule has 3 rings (SSSR count). The van der Waals surface area contributed by atoms with Crippen LogP contribution in [0.25, 0.3) is 6.08 Å². The summed E-state index contributed by atoms with van der Waals surface area (Å²) in [5.74, 6) is 0.490. The predicted octanol–water partition coefficient (Wildman–Crippen LogP) is -0.724. The summed E-state index contributed by atoms with van der Waals surface area (Å²) in [5, 5.41) is 42.1. The van der Waals surface area contributed by atoms with E-state index >= 15 is 0 Å². The molecular weight excluding hydrogens is 318 g/mol. The molecule has 0 amide bonds. The zero-order valence-electron chi connectivity index (χ0n) is 13.1. The van der Waals surface area contributed by atoms with Crippen molar-refractivity contribution in [1.82, 2.24) is 0 Å². The Kier molecular flexibility index (Phi) is 5.04. The normalized spacial score (nSPS) is 35.2. The number of hydrogen-bond acceptors (Lipinski definition) is 8. The van der Waals surface area contributed by atoms with Crippen LogP contribution < -0.4 is 10.1 Å². The van der Waals surface area contributed by atoms with Gasteiger partial charge in [0.1, 0.15) is 30.1 Å². The van der Waals surface area contributed by atoms with Crippen molar-refractivity contribution in [2.45, 2.75) is 36.9 Å². The van der Waals surface area contributed by atoms with Crippen molar-refractivity contribution in [2.75, 3.05) is 19.0 Å². The van der Waals surface area contributed by atoms with Gasteiger partial charge in [0.05, 0.1) is 6.61 Å². The van der Waals surface area contributed by atoms with Crippen molar-refractivity contribution in [3.8, 4) is 5.75 Å². The Balaban J connectivity index is 1.79. The fourth-order valence-electron chi connectivity index (χ4n) is 2.85. The van der Waals surface area contributed by atoms with Crippen LogP contribution in [0.1, 0.15) is 5.56 Å². The maximum Gasteiger partial charge on any atom is 0.217 e. The Bertz CT molecular complexity index is 606. The summed E-state index contributed by atoms with van der Waals surface area (Å²) in [4.78, 5) is 0. The fourth-order valence-corrected chi connectivity index (χ4v) is 2.85. The van der Waals surface area contributed by atoms with Gasteiger partial charge in [-0.15, -0.1) is 0 Å². The summed E-state index contributed by atoms with van der Waals surface area (Å²) < 4.78 is 16.0. The van der Waals surface area contributed by atoms with E-state index in [1.165, 1.54) is 13.2 Å². The van der Waals surface area contributed by atoms with Gasteiger partial charge in [0.15, 0.2) is 6.29 Å². The van der Waals surface area contributed by atoms with Crippen LogP contribution in [-0.4, -0.2) is 71.1 Å². The molecule has 8 heteroatoms. The third-order valence-electron chi connectivity index (χ3n) is 4.15. The van der Waals surface area contributed by atoms with Crippen molar-refractivity contribution >= 4 is 11.8 Å². The zero-order chi connectivity index (χ0) is 17.3. The van der Waals surface area contributed by atoms with Gasteiger partial charge in [0.25, 0.3) is 0 Å². The lowest BCUT2D eigenvalue weighted by atomic mass is 9.96. The molecule has 0 radical (unpaired) electrons. The number of aliphatic hydroxyl groups is 4. The lowest BCUT2D eigenvalue weighted by Crippen LogP contribution is -2.61. The van der Waals surface area contributed by atoms with Crippen molar-refractivity contribution in [3.63, 3.8) is 0 Å². The Morgan fingerprint density at radius 2 is 2.00 bits per heavy atom. The van der Waals surface area contributed by atoms with E-state index in [2.05, 4.69) is 5.32 Å². The van der Waals surface area contributed by atoms with Crippen LogP contribution in [0.5, 0.6) is 5.75 Å². The van der Waals surface area contributed by atoms with Crippen molar-refractivity contribution in [2.24, 2.45) is 0 Å². The molecule has 1 saturated heterocycles. The first-order chi connectivity index (χ1) is 11.5. The molecule has 132 valence electrons. The van der Waals surface area contributed by atoms with E-state index < -0.39 is 43.5 Å². The minimum absolute atomic E-state index is 0.429. The van der Waals surface area contributed by atoms with E-state index in [-0.39, 0.29) is 0 Å². The molecule has 0 bridgehead atoms. The van der Waals surface area contributed by atoms with Crippen molar-refractivity contribution < 1.29 is 34.6 Å². The zero-order valence-corrected chi connectivity index (χ0v) is 13.1. The number of rotatable bonds is 4. The Labute approximate surface area is 138 Å². The minimum atomic E-state index is -1.25. The van der Waals surface area contributed by atoms with Crippen LogP contribution in [0.15, 0.2) is 24.3 Å². The molecule has 2 aliphatic rings. The number of methoxy groups -OCH3 is 1. The van der Waals surface area contributed by atoms with Crippen LogP contribution in [0.2, 0.25) is 0 Å². The Hall–Kier alpha value is -1.68. The average molecular weight is 339 g/mol. The first-order valence-electron chi connectivity index (χ1n) is 7.62. The Morgan fingerprint density at radius 3 is 2.71 bits per heavy atom. The number of fused-ring (bicyclic) bond motifs is 1. The van der Waals surface area contributed by atoms with Crippen LogP contribution in [0.3, 0.4) is 0 Å². The summed E-state index contributed by atoms with van der Waals surface area (Å²) in [6, 6.07) is 4.49. The second-order valence-corrected chi connectivity index (χ2v) is 5.73. The van der Waals surface area contributed by atoms with Gasteiger partial charge in [-0.25, -0.2) is 0 Å². The van der Waals surface area contributed by atoms with Gasteiger partial charge in [0.2, 0.25) is 6.29 Å². The summed E-state index contributed by atoms with van der Waals surface area (Å²) >= 11 is 0. The SMILES string of the molecule is CO[C@H]1OC(CO)[C@@H](O)C(O)C1Nc1ccc2c(c1)OC(O)C=C2. The lowest BCUT2D eigenvalue weighted by Gasteiger charge is -2.42. The molecule has 4 unspecified atom stereocenters. The van der Waals surface area contributed by atoms with Gasteiger partial charge in [-0.1, -0.05) is 0 Å². The quantitative estimate of drug-likeness (QED) is 0.487. The van der Waals surface area contributed by atoms with E-state index in [0.717, 1.165) is 5.56 Å². The fraction of sp³-hybridized carbons (Fsp3) is 0.500. The van der Waals surface area contributed by atoms with Crippen molar-refractivity contribution in [3.05, 3.63) is 29.8 Å². The molecule has 0 spiro atoms. The van der Waals surface area contributed by atoms with E-state index in [1.807, 2.05) is 0 Å². The molecule has 0 aliphatic carbocycles. The molecule has 1 aromatic rings. The summed E-state index contributed by atoms with van der Waals surface area (Å²) in [7, 11) is 1.41. The molecule has 0 saturated carbocycles. The highest BCUT2D eigenvalue weighted by Crippen LogP contribution is 2.31. The second kappa shape index (κ2) is 7.06. The van der Waals surface area contributed by atoms with Crippen LogP contribution in [-0.2, 0) is 9.47 Å². The average Bonchev–Trinajstić information content (AvgIpc) is 2.59. The van der Waals surface area contributed by atoms with Gasteiger partial charge in [-0.3, -0.25) is 0 Å². The monoisotopic (exact) mass is 339 g/mol. The standard InChI is InChI=1S/C16H21NO7/c1-22-16-13(15(21)14(20)11(7-18)24-16)17-9-4-2-8-3-5-12(19)23-10(8)6-9/h2-6,11-21H,7H2,1H3/t11?,12?,13?,14-,15?,16+/m1/s1. The largest absolute Gasteiger partial charge is 0.461 e. The molecule has 5 N–H and O–H groups in total. The Morgan fingerprint density at radius 1 is 1.21 bits per heavy atom. The molecular formula is C16H21NO7. The topological polar surface area (TPSA) is 121 Å². The molecule has 2 heterocycles. The summed E-state index contributed by atoms with van der Waals surface area (Å²) in [6.45, 7) is -0.429. The van der Waals surface area contributed by atoms with Crippen LogP contribution >= 0.6 is 0 Å². The van der Waals surface area contributed by atoms with E-state index in [0.29, 0.717) is 11.4 Å². The highest BCUT2D eigenvalue weighted by atomic mass is 16.7. The highest BCUT2D eigenvalue weighted by Gasteiger charge is 2.44. The van der Waals surface area contributed by atoms with Crippen molar-refractivity contribution in [1.29, 1.82) is 0 Å². The third kappa shape index (κ3) is 3.25. The van der Waals surface area contributed by atoms with E-state index in [4.69, 9.17) is 14.2 Å². The summed E-state index contributed by atoms with van der Waals surface area (Å²) in [5.41, 5.74) is 1.41. The molecule has 1 aromatic carbocycles. The number of anilines is 1. The second-order valence-electron chi connectivity index (χ2n) is 5.73. The van der Waals surface area contributed by atoms with Gasteiger partial charge in [-0.2, -0.15) is 0 Å². The van der Waals surface area contributed by atoms with E-state index in [9.17, 15) is 20.4 Å². The van der Waals surface area contributed by atoms with Gasteiger partial charge >= 0.3 is 0 Å². The summed E-state index contributed by atoms with van der Waals surface area (Å²) in [6.07, 6.45) is -1.96. The number of aliphatic hydroxyl groups excluding tert-OH is 4. The van der Waals surface area contributed by atoms with Crippen LogP contribution in [0, 0.1) is 0 Å². The molecule has 0 aromatic heterocycles. The van der Waals surface area contributed by atoms with Gasteiger partial charge in [-0.05, 0) is 24.3 Å². The molecule has 6 atom stereocenters. The van der Waals surface area contributed by atoms with E-state index in [1.54, 1.807) is 24.3 Å². The first kappa shape index (κ1) is 17.2. The number of benzene rings is 1. The van der Waals surface area contributed by atoms with Gasteiger partial charge in [0, 0.05) is 24.4 Å².